The summed E-state index contributed by atoms with van der Waals surface area (Å²) in [5, 5.41) is 70.6. The zero-order valence-electron chi connectivity index (χ0n) is 15.0. The van der Waals surface area contributed by atoms with E-state index in [0.29, 0.717) is 6.42 Å². The summed E-state index contributed by atoms with van der Waals surface area (Å²) < 4.78 is 5.42. The lowest BCUT2D eigenvalue weighted by molar-refractivity contribution is -0.232. The van der Waals surface area contributed by atoms with Crippen molar-refractivity contribution in [2.75, 3.05) is 6.61 Å². The predicted molar refractivity (Wildman–Crippen MR) is 98.0 cm³/mol. The van der Waals surface area contributed by atoms with E-state index in [1.54, 1.807) is 0 Å². The summed E-state index contributed by atoms with van der Waals surface area (Å²) in [4.78, 5) is 0. The van der Waals surface area contributed by atoms with Gasteiger partial charge in [-0.25, -0.2) is 0 Å². The first-order valence-corrected chi connectivity index (χ1v) is 8.96. The second kappa shape index (κ2) is 8.34. The minimum atomic E-state index is -1.67. The van der Waals surface area contributed by atoms with E-state index in [4.69, 9.17) is 4.74 Å². The molecule has 1 heterocycles. The fraction of sp³-hybridized carbons (Fsp3) is 0.400. The van der Waals surface area contributed by atoms with Crippen molar-refractivity contribution in [3.8, 4) is 17.2 Å². The molecule has 1 aliphatic heterocycles. The third-order valence-electron chi connectivity index (χ3n) is 5.08. The van der Waals surface area contributed by atoms with Crippen molar-refractivity contribution in [3.63, 3.8) is 0 Å². The van der Waals surface area contributed by atoms with Gasteiger partial charge in [0.2, 0.25) is 0 Å². The maximum atomic E-state index is 10.7. The van der Waals surface area contributed by atoms with Gasteiger partial charge in [0.25, 0.3) is 0 Å². The Kier molecular flexibility index (Phi) is 6.07. The van der Waals surface area contributed by atoms with E-state index in [9.17, 15) is 35.7 Å². The Morgan fingerprint density at radius 2 is 1.50 bits per heavy atom. The van der Waals surface area contributed by atoms with Crippen molar-refractivity contribution < 1.29 is 40.5 Å². The molecule has 28 heavy (non-hydrogen) atoms. The highest BCUT2D eigenvalue weighted by atomic mass is 16.5. The summed E-state index contributed by atoms with van der Waals surface area (Å²) in [6.07, 6.45) is -6.74. The van der Waals surface area contributed by atoms with Gasteiger partial charge in [0.05, 0.1) is 12.2 Å². The van der Waals surface area contributed by atoms with Crippen LogP contribution in [0.4, 0.5) is 0 Å². The zero-order chi connectivity index (χ0) is 20.4. The fourth-order valence-electron chi connectivity index (χ4n) is 3.48. The molecular weight excluding hydrogens is 368 g/mol. The quantitative estimate of drug-likeness (QED) is 0.379. The topological polar surface area (TPSA) is 151 Å². The number of benzene rings is 2. The molecule has 1 saturated heterocycles. The molecule has 1 aliphatic rings. The number of aliphatic hydroxyl groups is 4. The maximum Gasteiger partial charge on any atom is 0.132 e. The van der Waals surface area contributed by atoms with Gasteiger partial charge in [0, 0.05) is 11.6 Å². The molecule has 8 heteroatoms. The largest absolute Gasteiger partial charge is 0.507 e. The molecule has 0 aromatic heterocycles. The first-order chi connectivity index (χ1) is 13.3. The standard InChI is InChI=1S/C20H24O8/c21-9-14-17(25)18(26)19(27)20(28-14)15-13(23)8-12(22)11(16(15)24)7-6-10-4-2-1-3-5-10/h1-5,8,14,17-27H,6-7,9H2/t14-,17-,18+,19-,20+/m1/s1. The van der Waals surface area contributed by atoms with Crippen LogP contribution in [0.2, 0.25) is 0 Å². The van der Waals surface area contributed by atoms with Crippen molar-refractivity contribution in [3.05, 3.63) is 53.1 Å². The van der Waals surface area contributed by atoms with Gasteiger partial charge in [-0.05, 0) is 18.4 Å². The molecule has 0 bridgehead atoms. The fourth-order valence-corrected chi connectivity index (χ4v) is 3.48. The number of hydrogen-bond acceptors (Lipinski definition) is 8. The van der Waals surface area contributed by atoms with Crippen LogP contribution in [0.3, 0.4) is 0 Å². The number of rotatable bonds is 5. The Labute approximate surface area is 161 Å². The molecule has 3 rings (SSSR count). The van der Waals surface area contributed by atoms with E-state index in [-0.39, 0.29) is 23.3 Å². The van der Waals surface area contributed by atoms with E-state index in [1.807, 2.05) is 30.3 Å². The highest BCUT2D eigenvalue weighted by Gasteiger charge is 2.46. The van der Waals surface area contributed by atoms with Crippen LogP contribution in [0.25, 0.3) is 0 Å². The molecule has 0 unspecified atom stereocenters. The van der Waals surface area contributed by atoms with Crippen molar-refractivity contribution in [2.24, 2.45) is 0 Å². The number of phenols is 3. The summed E-state index contributed by atoms with van der Waals surface area (Å²) in [5.74, 6) is -1.33. The van der Waals surface area contributed by atoms with Crippen LogP contribution in [0.1, 0.15) is 22.8 Å². The van der Waals surface area contributed by atoms with Gasteiger partial charge in [-0.3, -0.25) is 0 Å². The summed E-state index contributed by atoms with van der Waals surface area (Å²) in [6.45, 7) is -0.637. The maximum absolute atomic E-state index is 10.7. The van der Waals surface area contributed by atoms with Crippen molar-refractivity contribution >= 4 is 0 Å². The number of hydrogen-bond donors (Lipinski definition) is 7. The summed E-state index contributed by atoms with van der Waals surface area (Å²) >= 11 is 0. The van der Waals surface area contributed by atoms with Crippen molar-refractivity contribution in [1.82, 2.24) is 0 Å². The Morgan fingerprint density at radius 3 is 2.14 bits per heavy atom. The molecule has 0 spiro atoms. The smallest absolute Gasteiger partial charge is 0.132 e. The van der Waals surface area contributed by atoms with Crippen molar-refractivity contribution in [1.29, 1.82) is 0 Å². The van der Waals surface area contributed by atoms with Crippen LogP contribution < -0.4 is 0 Å². The Morgan fingerprint density at radius 1 is 0.821 bits per heavy atom. The Bertz CT molecular complexity index is 808. The van der Waals surface area contributed by atoms with Gasteiger partial charge in [-0.15, -0.1) is 0 Å². The highest BCUT2D eigenvalue weighted by Crippen LogP contribution is 2.46. The van der Waals surface area contributed by atoms with Gasteiger partial charge in [-0.1, -0.05) is 30.3 Å². The van der Waals surface area contributed by atoms with E-state index in [1.165, 1.54) is 0 Å². The van der Waals surface area contributed by atoms with Crippen LogP contribution in [-0.2, 0) is 17.6 Å². The molecule has 0 radical (unpaired) electrons. The molecule has 7 N–H and O–H groups in total. The third-order valence-corrected chi connectivity index (χ3v) is 5.08. The first kappa shape index (κ1) is 20.4. The van der Waals surface area contributed by atoms with E-state index in [0.717, 1.165) is 11.6 Å². The van der Waals surface area contributed by atoms with E-state index < -0.39 is 48.6 Å². The number of ether oxygens (including phenoxy) is 1. The molecule has 1 fully saturated rings. The molecule has 2 aromatic carbocycles. The normalized spacial score (nSPS) is 27.6. The van der Waals surface area contributed by atoms with Gasteiger partial charge in [0.1, 0.15) is 47.8 Å². The van der Waals surface area contributed by atoms with Gasteiger partial charge in [-0.2, -0.15) is 0 Å². The van der Waals surface area contributed by atoms with E-state index in [2.05, 4.69) is 0 Å². The summed E-state index contributed by atoms with van der Waals surface area (Å²) in [5.41, 5.74) is 0.898. The Hall–Kier alpha value is -2.36. The second-order valence-electron chi connectivity index (χ2n) is 6.89. The van der Waals surface area contributed by atoms with Crippen LogP contribution >= 0.6 is 0 Å². The molecule has 8 nitrogen and oxygen atoms in total. The molecule has 2 aromatic rings. The van der Waals surface area contributed by atoms with Crippen LogP contribution in [0.15, 0.2) is 36.4 Å². The molecular formula is C20H24O8. The average Bonchev–Trinajstić information content (AvgIpc) is 2.68. The first-order valence-electron chi connectivity index (χ1n) is 8.96. The molecule has 5 atom stereocenters. The van der Waals surface area contributed by atoms with Crippen LogP contribution in [0.5, 0.6) is 17.2 Å². The minimum Gasteiger partial charge on any atom is -0.507 e. The third kappa shape index (κ3) is 3.78. The molecule has 0 saturated carbocycles. The zero-order valence-corrected chi connectivity index (χ0v) is 15.0. The monoisotopic (exact) mass is 392 g/mol. The minimum absolute atomic E-state index is 0.147. The lowest BCUT2D eigenvalue weighted by Gasteiger charge is -2.40. The molecule has 0 aliphatic carbocycles. The van der Waals surface area contributed by atoms with Crippen LogP contribution in [0, 0.1) is 0 Å². The number of aryl methyl sites for hydroxylation is 1. The number of aliphatic hydroxyl groups excluding tert-OH is 4. The highest BCUT2D eigenvalue weighted by molar-refractivity contribution is 5.57. The average molecular weight is 392 g/mol. The predicted octanol–water partition coefficient (Wildman–Crippen LogP) is 0.104. The van der Waals surface area contributed by atoms with Crippen molar-refractivity contribution in [2.45, 2.75) is 43.4 Å². The van der Waals surface area contributed by atoms with Crippen LogP contribution in [-0.4, -0.2) is 66.8 Å². The number of phenolic OH excluding ortho intramolecular Hbond substituents is 3. The number of aromatic hydroxyl groups is 3. The van der Waals surface area contributed by atoms with Gasteiger partial charge < -0.3 is 40.5 Å². The second-order valence-corrected chi connectivity index (χ2v) is 6.89. The lowest BCUT2D eigenvalue weighted by Crippen LogP contribution is -2.55. The van der Waals surface area contributed by atoms with Gasteiger partial charge >= 0.3 is 0 Å². The summed E-state index contributed by atoms with van der Waals surface area (Å²) in [7, 11) is 0. The Balaban J connectivity index is 1.94. The van der Waals surface area contributed by atoms with Gasteiger partial charge in [0.15, 0.2) is 0 Å². The summed E-state index contributed by atoms with van der Waals surface area (Å²) in [6, 6.07) is 10.4. The molecule has 152 valence electrons. The van der Waals surface area contributed by atoms with E-state index >= 15 is 0 Å². The lowest BCUT2D eigenvalue weighted by atomic mass is 9.88. The SMILES string of the molecule is OC[C@H]1O[C@@H](c2c(O)cc(O)c(CCc3ccccc3)c2O)[C@H](O)[C@@H](O)[C@@H]1O. The molecule has 0 amide bonds.